The zero-order valence-corrected chi connectivity index (χ0v) is 13.5. The first kappa shape index (κ1) is 16.4. The Balaban J connectivity index is 3.70. The van der Waals surface area contributed by atoms with Gasteiger partial charge in [-0.3, -0.25) is 0 Å². The highest BCUT2D eigenvalue weighted by atomic mass is 28.3. The Bertz CT molecular complexity index is 498. The van der Waals surface area contributed by atoms with Crippen molar-refractivity contribution in [2.45, 2.75) is 38.9 Å². The van der Waals surface area contributed by atoms with Crippen molar-refractivity contribution in [3.63, 3.8) is 0 Å². The molecule has 0 heterocycles. The van der Waals surface area contributed by atoms with Crippen molar-refractivity contribution in [1.29, 1.82) is 0 Å². The Morgan fingerprint density at radius 3 is 2.00 bits per heavy atom. The van der Waals surface area contributed by atoms with Crippen molar-refractivity contribution in [2.75, 3.05) is 7.11 Å². The van der Waals surface area contributed by atoms with E-state index in [2.05, 4.69) is 20.8 Å². The molecule has 5 heteroatoms. The Morgan fingerprint density at radius 2 is 1.60 bits per heavy atom. The van der Waals surface area contributed by atoms with E-state index >= 15 is 0 Å². The molecule has 4 nitrogen and oxygen atoms in total. The molecule has 0 atom stereocenters. The molecule has 0 aliphatic rings. The Labute approximate surface area is 120 Å². The number of methoxy groups -OCH3 is 1. The minimum atomic E-state index is -2.01. The Morgan fingerprint density at radius 1 is 1.10 bits per heavy atom. The van der Waals surface area contributed by atoms with Gasteiger partial charge in [0.25, 0.3) is 0 Å². The number of esters is 1. The van der Waals surface area contributed by atoms with Crippen LogP contribution < -0.4 is 5.19 Å². The normalized spacial score (nSPS) is 11.2. The maximum Gasteiger partial charge on any atom is 0.337 e. The van der Waals surface area contributed by atoms with E-state index in [1.54, 1.807) is 18.2 Å². The molecule has 110 valence electrons. The summed E-state index contributed by atoms with van der Waals surface area (Å²) in [5.74, 6) is -1.42. The third-order valence-corrected chi connectivity index (χ3v) is 9.92. The molecule has 1 aromatic rings. The summed E-state index contributed by atoms with van der Waals surface area (Å²) in [5, 5.41) is 10.2. The van der Waals surface area contributed by atoms with Crippen LogP contribution in [0.25, 0.3) is 0 Å². The van der Waals surface area contributed by atoms with Gasteiger partial charge in [-0.05, 0) is 17.3 Å². The van der Waals surface area contributed by atoms with Gasteiger partial charge in [0.1, 0.15) is 0 Å². The van der Waals surface area contributed by atoms with E-state index in [4.69, 9.17) is 4.74 Å². The van der Waals surface area contributed by atoms with Crippen LogP contribution in [0.5, 0.6) is 0 Å². The molecule has 0 aliphatic carbocycles. The first-order valence-electron chi connectivity index (χ1n) is 6.92. The third-order valence-electron chi connectivity index (χ3n) is 4.26. The minimum absolute atomic E-state index is 0.255. The molecule has 0 aromatic heterocycles. The van der Waals surface area contributed by atoms with Crippen LogP contribution in [-0.4, -0.2) is 32.2 Å². The molecule has 0 unspecified atom stereocenters. The van der Waals surface area contributed by atoms with Gasteiger partial charge in [-0.2, -0.15) is 0 Å². The summed E-state index contributed by atoms with van der Waals surface area (Å²) in [6, 6.07) is 7.61. The molecule has 20 heavy (non-hydrogen) atoms. The highest BCUT2D eigenvalue weighted by Gasteiger charge is 2.36. The van der Waals surface area contributed by atoms with E-state index in [0.717, 1.165) is 23.3 Å². The molecule has 0 bridgehead atoms. The lowest BCUT2D eigenvalue weighted by molar-refractivity contribution is 0.0602. The number of benzene rings is 1. The second-order valence-corrected chi connectivity index (χ2v) is 10.0. The van der Waals surface area contributed by atoms with Gasteiger partial charge in [-0.15, -0.1) is 0 Å². The zero-order chi connectivity index (χ0) is 15.3. The van der Waals surface area contributed by atoms with Crippen LogP contribution in [-0.2, 0) is 4.74 Å². The van der Waals surface area contributed by atoms with E-state index in [1.807, 2.05) is 0 Å². The number of hydrogen-bond acceptors (Lipinski definition) is 3. The summed E-state index contributed by atoms with van der Waals surface area (Å²) in [4.78, 5) is 23.6. The number of ether oxygens (including phenoxy) is 1. The van der Waals surface area contributed by atoms with Gasteiger partial charge in [0.15, 0.2) is 0 Å². The van der Waals surface area contributed by atoms with Crippen LogP contribution >= 0.6 is 0 Å². The maximum atomic E-state index is 12.0. The summed E-state index contributed by atoms with van der Waals surface area (Å²) in [5.41, 5.74) is 0.676. The van der Waals surface area contributed by atoms with Crippen molar-refractivity contribution in [1.82, 2.24) is 0 Å². The maximum absolute atomic E-state index is 12.0. The average Bonchev–Trinajstić information content (AvgIpc) is 2.48. The summed E-state index contributed by atoms with van der Waals surface area (Å²) in [7, 11) is -0.680. The van der Waals surface area contributed by atoms with Gasteiger partial charge in [0.2, 0.25) is 0 Å². The SMILES string of the molecule is CC[Si](CC)(CC)c1c(C(=O)O)cccc1C(=O)OC. The van der Waals surface area contributed by atoms with Crippen molar-refractivity contribution in [2.24, 2.45) is 0 Å². The van der Waals surface area contributed by atoms with Crippen LogP contribution in [0.3, 0.4) is 0 Å². The molecule has 1 rings (SSSR count). The topological polar surface area (TPSA) is 63.6 Å². The molecule has 0 spiro atoms. The minimum Gasteiger partial charge on any atom is -0.478 e. The molecule has 0 aliphatic heterocycles. The largest absolute Gasteiger partial charge is 0.478 e. The quantitative estimate of drug-likeness (QED) is 0.647. The molecule has 1 N–H and O–H groups in total. The monoisotopic (exact) mass is 294 g/mol. The number of carboxylic acids is 1. The molecule has 0 radical (unpaired) electrons. The van der Waals surface area contributed by atoms with Crippen LogP contribution in [0.4, 0.5) is 0 Å². The van der Waals surface area contributed by atoms with Crippen LogP contribution in [0.15, 0.2) is 18.2 Å². The molecular weight excluding hydrogens is 272 g/mol. The summed E-state index contributed by atoms with van der Waals surface area (Å²) < 4.78 is 4.83. The Kier molecular flexibility index (Phi) is 5.50. The van der Waals surface area contributed by atoms with Crippen molar-refractivity contribution in [3.05, 3.63) is 29.3 Å². The van der Waals surface area contributed by atoms with Crippen LogP contribution in [0.2, 0.25) is 18.1 Å². The van der Waals surface area contributed by atoms with E-state index in [-0.39, 0.29) is 5.56 Å². The van der Waals surface area contributed by atoms with Gasteiger partial charge in [0, 0.05) is 0 Å². The number of aromatic carboxylic acids is 1. The average molecular weight is 294 g/mol. The highest BCUT2D eigenvalue weighted by Crippen LogP contribution is 2.24. The lowest BCUT2D eigenvalue weighted by atomic mass is 10.1. The molecule has 0 amide bonds. The number of carbonyl (C=O) groups is 2. The fraction of sp³-hybridized carbons (Fsp3) is 0.467. The van der Waals surface area contributed by atoms with Crippen LogP contribution in [0.1, 0.15) is 41.5 Å². The fourth-order valence-electron chi connectivity index (χ4n) is 2.86. The van der Waals surface area contributed by atoms with Gasteiger partial charge >= 0.3 is 11.9 Å². The van der Waals surface area contributed by atoms with E-state index in [0.29, 0.717) is 5.56 Å². The highest BCUT2D eigenvalue weighted by molar-refractivity contribution is 6.93. The van der Waals surface area contributed by atoms with Gasteiger partial charge < -0.3 is 9.84 Å². The summed E-state index contributed by atoms with van der Waals surface area (Å²) in [6.45, 7) is 6.25. The van der Waals surface area contributed by atoms with E-state index < -0.39 is 20.0 Å². The second-order valence-electron chi connectivity index (χ2n) is 4.87. The summed E-state index contributed by atoms with van der Waals surface area (Å²) >= 11 is 0. The van der Waals surface area contributed by atoms with Crippen molar-refractivity contribution in [3.8, 4) is 0 Å². The van der Waals surface area contributed by atoms with Gasteiger partial charge in [-0.1, -0.05) is 45.0 Å². The fourth-order valence-corrected chi connectivity index (χ4v) is 6.94. The Hall–Kier alpha value is -1.62. The number of rotatable bonds is 6. The molecule has 0 fully saturated rings. The number of hydrogen-bond donors (Lipinski definition) is 1. The molecule has 1 aromatic carbocycles. The number of carbonyl (C=O) groups excluding carboxylic acids is 1. The first-order valence-corrected chi connectivity index (χ1v) is 9.54. The van der Waals surface area contributed by atoms with Crippen LogP contribution in [0, 0.1) is 0 Å². The second kappa shape index (κ2) is 6.70. The van der Waals surface area contributed by atoms with Gasteiger partial charge in [-0.25, -0.2) is 9.59 Å². The smallest absolute Gasteiger partial charge is 0.337 e. The van der Waals surface area contributed by atoms with Gasteiger partial charge in [0.05, 0.1) is 26.3 Å². The summed E-state index contributed by atoms with van der Waals surface area (Å²) in [6.07, 6.45) is 0. The first-order chi connectivity index (χ1) is 9.47. The number of carboxylic acid groups (broad SMARTS) is 1. The molecular formula is C15H22O4Si. The van der Waals surface area contributed by atoms with Crippen molar-refractivity contribution >= 4 is 25.2 Å². The van der Waals surface area contributed by atoms with E-state index in [1.165, 1.54) is 7.11 Å². The predicted octanol–water partition coefficient (Wildman–Crippen LogP) is 2.89. The predicted molar refractivity (Wildman–Crippen MR) is 81.6 cm³/mol. The zero-order valence-electron chi connectivity index (χ0n) is 12.5. The van der Waals surface area contributed by atoms with E-state index in [9.17, 15) is 14.7 Å². The molecule has 0 saturated heterocycles. The lowest BCUT2D eigenvalue weighted by Crippen LogP contribution is -2.51. The standard InChI is InChI=1S/C15H22O4Si/c1-5-20(6-2,7-3)13-11(14(16)17)9-8-10-12(13)15(18)19-4/h8-10H,5-7H2,1-4H3,(H,16,17). The molecule has 0 saturated carbocycles. The van der Waals surface area contributed by atoms with Crippen molar-refractivity contribution < 1.29 is 19.4 Å². The third kappa shape index (κ3) is 2.77. The lowest BCUT2D eigenvalue weighted by Gasteiger charge is -2.31.